The maximum atomic E-state index is 11.2. The first-order valence-electron chi connectivity index (χ1n) is 7.80. The molecule has 24 heavy (non-hydrogen) atoms. The second-order valence-corrected chi connectivity index (χ2v) is 5.73. The monoisotopic (exact) mass is 320 g/mol. The van der Waals surface area contributed by atoms with E-state index in [1.54, 1.807) is 6.07 Å². The zero-order valence-corrected chi connectivity index (χ0v) is 13.3. The summed E-state index contributed by atoms with van der Waals surface area (Å²) in [6.45, 7) is 4.36. The molecule has 1 fully saturated rings. The number of anilines is 1. The van der Waals surface area contributed by atoms with Crippen LogP contribution in [-0.4, -0.2) is 42.0 Å². The summed E-state index contributed by atoms with van der Waals surface area (Å²) in [5.74, 6) is 0.205. The lowest BCUT2D eigenvalue weighted by Crippen LogP contribution is -2.46. The van der Waals surface area contributed by atoms with E-state index in [9.17, 15) is 4.79 Å². The maximum Gasteiger partial charge on any atom is 0.268 e. The largest absolute Gasteiger partial charge is 0.364 e. The third-order valence-electron chi connectivity index (χ3n) is 4.10. The van der Waals surface area contributed by atoms with Gasteiger partial charge in [-0.3, -0.25) is 9.69 Å². The minimum absolute atomic E-state index is 0.174. The predicted octanol–water partition coefficient (Wildman–Crippen LogP) is 1.17. The van der Waals surface area contributed by atoms with Gasteiger partial charge in [0, 0.05) is 38.8 Å². The van der Waals surface area contributed by atoms with E-state index in [1.165, 1.54) is 5.56 Å². The van der Waals surface area contributed by atoms with Crippen LogP contribution in [0.2, 0.25) is 0 Å². The topological polar surface area (TPSA) is 86.3 Å². The van der Waals surface area contributed by atoms with Crippen molar-refractivity contribution in [1.82, 2.24) is 9.88 Å². The van der Waals surface area contributed by atoms with Crippen molar-refractivity contribution in [3.05, 3.63) is 59.3 Å². The van der Waals surface area contributed by atoms with Gasteiger partial charge in [0.25, 0.3) is 5.91 Å². The van der Waals surface area contributed by atoms with Gasteiger partial charge in [0.2, 0.25) is 0 Å². The lowest BCUT2D eigenvalue weighted by atomic mass is 10.1. The minimum Gasteiger partial charge on any atom is -0.364 e. The van der Waals surface area contributed by atoms with Crippen molar-refractivity contribution in [3.8, 4) is 6.07 Å². The van der Waals surface area contributed by atoms with Crippen LogP contribution in [0.1, 0.15) is 21.6 Å². The molecule has 2 N–H and O–H groups in total. The van der Waals surface area contributed by atoms with Crippen LogP contribution in [-0.2, 0) is 6.54 Å². The van der Waals surface area contributed by atoms with Crippen molar-refractivity contribution in [3.63, 3.8) is 0 Å². The standard InChI is InChI=1S/C18H18N5O/c19-12-14-4-6-15(7-5-14)13-22-8-10-23(11-9-22)17-3-1-2-16(21-17)18(20)24/h1,3-7H,8-11,13H2,(H2,20,24). The Bertz CT molecular complexity index is 758. The van der Waals surface area contributed by atoms with Crippen LogP contribution < -0.4 is 10.6 Å². The van der Waals surface area contributed by atoms with Crippen molar-refractivity contribution in [2.45, 2.75) is 6.54 Å². The minimum atomic E-state index is -0.559. The first-order chi connectivity index (χ1) is 11.7. The number of hydrogen-bond donors (Lipinski definition) is 1. The molecule has 0 atom stereocenters. The lowest BCUT2D eigenvalue weighted by Gasteiger charge is -2.35. The number of rotatable bonds is 4. The van der Waals surface area contributed by atoms with Crippen LogP contribution >= 0.6 is 0 Å². The fraction of sp³-hybridized carbons (Fsp3) is 0.278. The highest BCUT2D eigenvalue weighted by atomic mass is 16.1. The van der Waals surface area contributed by atoms with Gasteiger partial charge in [-0.15, -0.1) is 0 Å². The highest BCUT2D eigenvalue weighted by molar-refractivity contribution is 5.90. The molecule has 1 radical (unpaired) electrons. The molecule has 0 bridgehead atoms. The number of carbonyl (C=O) groups is 1. The van der Waals surface area contributed by atoms with Crippen LogP contribution in [0.4, 0.5) is 5.82 Å². The number of benzene rings is 1. The summed E-state index contributed by atoms with van der Waals surface area (Å²) < 4.78 is 0. The summed E-state index contributed by atoms with van der Waals surface area (Å²) in [4.78, 5) is 20.0. The number of primary amides is 1. The quantitative estimate of drug-likeness (QED) is 0.914. The molecule has 0 unspecified atom stereocenters. The smallest absolute Gasteiger partial charge is 0.268 e. The molecule has 2 aromatic rings. The van der Waals surface area contributed by atoms with Crippen molar-refractivity contribution < 1.29 is 4.79 Å². The Labute approximate surface area is 141 Å². The van der Waals surface area contributed by atoms with Gasteiger partial charge < -0.3 is 10.6 Å². The molecule has 1 saturated heterocycles. The third-order valence-corrected chi connectivity index (χ3v) is 4.10. The van der Waals surface area contributed by atoms with Gasteiger partial charge >= 0.3 is 0 Å². The van der Waals surface area contributed by atoms with Crippen molar-refractivity contribution in [1.29, 1.82) is 5.26 Å². The summed E-state index contributed by atoms with van der Waals surface area (Å²) in [5.41, 5.74) is 7.32. The van der Waals surface area contributed by atoms with Gasteiger partial charge in [-0.05, 0) is 29.8 Å². The second kappa shape index (κ2) is 7.11. The number of carbonyl (C=O) groups excluding carboxylic acids is 1. The van der Waals surface area contributed by atoms with Gasteiger partial charge in [0.15, 0.2) is 0 Å². The fourth-order valence-electron chi connectivity index (χ4n) is 2.76. The number of nitrogens with two attached hydrogens (primary N) is 1. The highest BCUT2D eigenvalue weighted by Gasteiger charge is 2.18. The summed E-state index contributed by atoms with van der Waals surface area (Å²) in [5, 5.41) is 8.84. The molecule has 2 heterocycles. The summed E-state index contributed by atoms with van der Waals surface area (Å²) in [6.07, 6.45) is 0. The number of hydrogen-bond acceptors (Lipinski definition) is 5. The zero-order valence-electron chi connectivity index (χ0n) is 13.3. The Balaban J connectivity index is 1.58. The average Bonchev–Trinajstić information content (AvgIpc) is 2.63. The van der Waals surface area contributed by atoms with E-state index in [0.717, 1.165) is 38.5 Å². The molecule has 1 amide bonds. The van der Waals surface area contributed by atoms with E-state index in [4.69, 9.17) is 11.0 Å². The highest BCUT2D eigenvalue weighted by Crippen LogP contribution is 2.15. The molecule has 1 aliphatic rings. The number of nitriles is 1. The molecule has 0 spiro atoms. The Morgan fingerprint density at radius 3 is 2.54 bits per heavy atom. The van der Waals surface area contributed by atoms with Crippen molar-refractivity contribution in [2.75, 3.05) is 31.1 Å². The molecule has 1 aromatic carbocycles. The molecule has 121 valence electrons. The molecular formula is C18H18N5O. The number of pyridine rings is 1. The third kappa shape index (κ3) is 3.70. The Morgan fingerprint density at radius 1 is 1.21 bits per heavy atom. The zero-order chi connectivity index (χ0) is 16.9. The van der Waals surface area contributed by atoms with Gasteiger partial charge in [-0.2, -0.15) is 5.26 Å². The fourth-order valence-corrected chi connectivity index (χ4v) is 2.76. The molecule has 6 nitrogen and oxygen atoms in total. The van der Waals surface area contributed by atoms with E-state index in [1.807, 2.05) is 30.3 Å². The molecule has 1 aromatic heterocycles. The van der Waals surface area contributed by atoms with E-state index in [2.05, 4.69) is 26.9 Å². The Kier molecular flexibility index (Phi) is 4.73. The van der Waals surface area contributed by atoms with E-state index in [-0.39, 0.29) is 5.69 Å². The molecule has 6 heteroatoms. The number of aromatic nitrogens is 1. The van der Waals surface area contributed by atoms with Gasteiger partial charge in [0.1, 0.15) is 11.5 Å². The second-order valence-electron chi connectivity index (χ2n) is 5.73. The first-order valence-corrected chi connectivity index (χ1v) is 7.80. The van der Waals surface area contributed by atoms with E-state index >= 15 is 0 Å². The summed E-state index contributed by atoms with van der Waals surface area (Å²) in [6, 6.07) is 16.1. The normalized spacial score (nSPS) is 15.0. The van der Waals surface area contributed by atoms with Crippen LogP contribution in [0.25, 0.3) is 0 Å². The van der Waals surface area contributed by atoms with Gasteiger partial charge in [-0.1, -0.05) is 12.1 Å². The average molecular weight is 320 g/mol. The molecular weight excluding hydrogens is 302 g/mol. The van der Waals surface area contributed by atoms with Crippen LogP contribution in [0, 0.1) is 17.4 Å². The van der Waals surface area contributed by atoms with Gasteiger partial charge in [-0.25, -0.2) is 4.98 Å². The lowest BCUT2D eigenvalue weighted by molar-refractivity contribution is 0.0995. The maximum absolute atomic E-state index is 11.2. The van der Waals surface area contributed by atoms with Crippen LogP contribution in [0.3, 0.4) is 0 Å². The van der Waals surface area contributed by atoms with E-state index in [0.29, 0.717) is 5.56 Å². The molecule has 1 aliphatic heterocycles. The Morgan fingerprint density at radius 2 is 1.92 bits per heavy atom. The number of nitrogens with zero attached hydrogens (tertiary/aromatic N) is 4. The molecule has 0 saturated carbocycles. The summed E-state index contributed by atoms with van der Waals surface area (Å²) >= 11 is 0. The first kappa shape index (κ1) is 16.0. The number of amides is 1. The van der Waals surface area contributed by atoms with Crippen molar-refractivity contribution >= 4 is 11.7 Å². The van der Waals surface area contributed by atoms with E-state index < -0.39 is 5.91 Å². The van der Waals surface area contributed by atoms with Crippen LogP contribution in [0.15, 0.2) is 36.4 Å². The number of piperazine rings is 1. The van der Waals surface area contributed by atoms with Crippen LogP contribution in [0.5, 0.6) is 0 Å². The van der Waals surface area contributed by atoms with Crippen molar-refractivity contribution in [2.24, 2.45) is 5.73 Å². The Hall–Kier alpha value is -2.91. The molecule has 3 rings (SSSR count). The predicted molar refractivity (Wildman–Crippen MR) is 90.2 cm³/mol. The molecule has 0 aliphatic carbocycles. The summed E-state index contributed by atoms with van der Waals surface area (Å²) in [7, 11) is 0. The SMILES string of the molecule is N#Cc1ccc(CN2CCN(c3cc[c]c(C(N)=O)n3)CC2)cc1. The van der Waals surface area contributed by atoms with Gasteiger partial charge in [0.05, 0.1) is 11.6 Å².